The van der Waals surface area contributed by atoms with E-state index < -0.39 is 9.84 Å². The van der Waals surface area contributed by atoms with E-state index in [1.165, 1.54) is 6.26 Å². The highest BCUT2D eigenvalue weighted by molar-refractivity contribution is 7.90. The van der Waals surface area contributed by atoms with Gasteiger partial charge in [-0.05, 0) is 67.7 Å². The van der Waals surface area contributed by atoms with Crippen LogP contribution >= 0.6 is 24.0 Å². The first-order valence-electron chi connectivity index (χ1n) is 11.4. The Hall–Kier alpha value is -2.13. The van der Waals surface area contributed by atoms with Crippen LogP contribution in [0.15, 0.2) is 53.4 Å². The number of benzene rings is 2. The monoisotopic (exact) mass is 539 g/mol. The summed E-state index contributed by atoms with van der Waals surface area (Å²) in [5.41, 5.74) is 7.04. The second-order valence-electron chi connectivity index (χ2n) is 9.45. The third-order valence-corrected chi connectivity index (χ3v) is 8.51. The molecule has 35 heavy (non-hydrogen) atoms. The average Bonchev–Trinajstić information content (AvgIpc) is 3.07. The maximum atomic E-state index is 13.4. The smallest absolute Gasteiger partial charge is 0.229 e. The molecule has 2 N–H and O–H groups in total. The van der Waals surface area contributed by atoms with Crippen molar-refractivity contribution in [3.63, 3.8) is 0 Å². The van der Waals surface area contributed by atoms with Gasteiger partial charge in [0.25, 0.3) is 0 Å². The zero-order valence-corrected chi connectivity index (χ0v) is 22.0. The molecule has 2 heterocycles. The molecule has 2 aliphatic rings. The lowest BCUT2D eigenvalue weighted by atomic mass is 9.76. The summed E-state index contributed by atoms with van der Waals surface area (Å²) in [6.07, 6.45) is 3.65. The number of amides is 2. The number of carbonyl (C=O) groups is 2. The number of nitrogens with zero attached hydrogens (tertiary/aromatic N) is 2. The third-order valence-electron chi connectivity index (χ3n) is 7.15. The summed E-state index contributed by atoms with van der Waals surface area (Å²) in [5, 5.41) is 0.617. The van der Waals surface area contributed by atoms with Crippen molar-refractivity contribution < 1.29 is 18.0 Å². The van der Waals surface area contributed by atoms with Crippen LogP contribution in [0.1, 0.15) is 42.9 Å². The number of piperidine rings is 1. The molecule has 190 valence electrons. The number of hydrogen-bond donors (Lipinski definition) is 1. The van der Waals surface area contributed by atoms with Crippen LogP contribution in [-0.4, -0.2) is 55.9 Å². The van der Waals surface area contributed by atoms with E-state index in [1.807, 2.05) is 23.1 Å². The molecule has 2 fully saturated rings. The van der Waals surface area contributed by atoms with Gasteiger partial charge in [0, 0.05) is 36.8 Å². The van der Waals surface area contributed by atoms with Gasteiger partial charge in [-0.3, -0.25) is 14.5 Å². The summed E-state index contributed by atoms with van der Waals surface area (Å²) in [6.45, 7) is 2.56. The Morgan fingerprint density at radius 2 is 1.71 bits per heavy atom. The number of sulfone groups is 1. The Bertz CT molecular complexity index is 1180. The second kappa shape index (κ2) is 10.9. The fourth-order valence-electron chi connectivity index (χ4n) is 5.20. The molecule has 0 radical (unpaired) electrons. The van der Waals surface area contributed by atoms with E-state index in [0.29, 0.717) is 31.2 Å². The maximum absolute atomic E-state index is 13.4. The van der Waals surface area contributed by atoms with Gasteiger partial charge in [-0.1, -0.05) is 35.9 Å². The average molecular weight is 541 g/mol. The van der Waals surface area contributed by atoms with Crippen LogP contribution in [-0.2, 0) is 26.0 Å². The lowest BCUT2D eigenvalue weighted by Crippen LogP contribution is -2.46. The van der Waals surface area contributed by atoms with Crippen molar-refractivity contribution in [3.8, 4) is 0 Å². The summed E-state index contributed by atoms with van der Waals surface area (Å²) in [4.78, 5) is 29.6. The van der Waals surface area contributed by atoms with Crippen LogP contribution in [0.5, 0.6) is 0 Å². The zero-order chi connectivity index (χ0) is 24.5. The van der Waals surface area contributed by atoms with Gasteiger partial charge in [0.1, 0.15) is 0 Å². The van der Waals surface area contributed by atoms with Gasteiger partial charge in [0.2, 0.25) is 11.8 Å². The Labute approximate surface area is 217 Å². The number of rotatable bonds is 7. The van der Waals surface area contributed by atoms with Gasteiger partial charge in [-0.15, -0.1) is 12.4 Å². The van der Waals surface area contributed by atoms with Crippen molar-refractivity contribution in [1.29, 1.82) is 0 Å². The molecule has 0 saturated carbocycles. The molecule has 10 heteroatoms. The lowest BCUT2D eigenvalue weighted by Gasteiger charge is -2.41. The fraction of sp³-hybridized carbons (Fsp3) is 0.440. The molecular formula is C25H31Cl2N3O4S. The SMILES string of the molecule is CS(=O)(=O)c1ccc(CN2CCC3(CCN(C(CC(N)=O)c4cccc(Cl)c4)CC3)C2=O)cc1.Cl. The van der Waals surface area contributed by atoms with Gasteiger partial charge in [0.05, 0.1) is 10.3 Å². The van der Waals surface area contributed by atoms with Gasteiger partial charge >= 0.3 is 0 Å². The summed E-state index contributed by atoms with van der Waals surface area (Å²) in [5.74, 6) is -0.205. The Balaban J connectivity index is 0.00000342. The molecule has 2 saturated heterocycles. The molecule has 2 aliphatic heterocycles. The maximum Gasteiger partial charge on any atom is 0.229 e. The van der Waals surface area contributed by atoms with Crippen molar-refractivity contribution in [1.82, 2.24) is 9.80 Å². The van der Waals surface area contributed by atoms with Gasteiger partial charge in [-0.25, -0.2) is 8.42 Å². The number of primary amides is 1. The van der Waals surface area contributed by atoms with Crippen LogP contribution in [0.25, 0.3) is 0 Å². The minimum Gasteiger partial charge on any atom is -0.370 e. The molecule has 2 aromatic carbocycles. The van der Waals surface area contributed by atoms with E-state index in [-0.39, 0.29) is 47.0 Å². The summed E-state index contributed by atoms with van der Waals surface area (Å²) in [7, 11) is -3.24. The molecule has 1 atom stereocenters. The first kappa shape index (κ1) is 27.5. The topological polar surface area (TPSA) is 101 Å². The first-order valence-corrected chi connectivity index (χ1v) is 13.7. The number of nitrogens with two attached hydrogens (primary N) is 1. The van der Waals surface area contributed by atoms with Crippen LogP contribution in [0, 0.1) is 5.41 Å². The molecule has 0 bridgehead atoms. The fourth-order valence-corrected chi connectivity index (χ4v) is 6.03. The molecule has 7 nitrogen and oxygen atoms in total. The van der Waals surface area contributed by atoms with Crippen LogP contribution in [0.4, 0.5) is 0 Å². The van der Waals surface area contributed by atoms with E-state index in [1.54, 1.807) is 30.3 Å². The molecule has 2 aromatic rings. The molecule has 2 amide bonds. The Morgan fingerprint density at radius 3 is 2.29 bits per heavy atom. The van der Waals surface area contributed by atoms with Crippen molar-refractivity contribution >= 4 is 45.7 Å². The van der Waals surface area contributed by atoms with E-state index in [9.17, 15) is 18.0 Å². The van der Waals surface area contributed by atoms with E-state index >= 15 is 0 Å². The van der Waals surface area contributed by atoms with Crippen molar-refractivity contribution in [2.75, 3.05) is 25.9 Å². The number of carbonyl (C=O) groups excluding carboxylic acids is 2. The largest absolute Gasteiger partial charge is 0.370 e. The van der Waals surface area contributed by atoms with Gasteiger partial charge in [-0.2, -0.15) is 0 Å². The minimum atomic E-state index is -3.24. The van der Waals surface area contributed by atoms with E-state index in [0.717, 1.165) is 30.4 Å². The van der Waals surface area contributed by atoms with E-state index in [4.69, 9.17) is 17.3 Å². The standard InChI is InChI=1S/C25H30ClN3O4S.ClH/c1-34(32,33)21-7-5-18(6-8-21)17-29-14-11-25(24(29)31)9-12-28(13-10-25)22(16-23(27)30)19-3-2-4-20(26)15-19;/h2-8,15,22H,9-14,16-17H2,1H3,(H2,27,30);1H. The number of halogens is 2. The third kappa shape index (κ3) is 6.17. The highest BCUT2D eigenvalue weighted by Gasteiger charge is 2.48. The van der Waals surface area contributed by atoms with Crippen molar-refractivity contribution in [2.24, 2.45) is 11.1 Å². The Morgan fingerprint density at radius 1 is 1.09 bits per heavy atom. The quantitative estimate of drug-likeness (QED) is 0.579. The number of likely N-dealkylation sites (tertiary alicyclic amines) is 2. The van der Waals surface area contributed by atoms with Crippen LogP contribution < -0.4 is 5.73 Å². The predicted molar refractivity (Wildman–Crippen MR) is 138 cm³/mol. The summed E-state index contributed by atoms with van der Waals surface area (Å²) in [6, 6.07) is 14.1. The predicted octanol–water partition coefficient (Wildman–Crippen LogP) is 3.60. The molecule has 0 aliphatic carbocycles. The lowest BCUT2D eigenvalue weighted by molar-refractivity contribution is -0.139. The van der Waals surface area contributed by atoms with Gasteiger partial charge in [0.15, 0.2) is 9.84 Å². The van der Waals surface area contributed by atoms with Crippen LogP contribution in [0.3, 0.4) is 0 Å². The van der Waals surface area contributed by atoms with E-state index in [2.05, 4.69) is 4.90 Å². The first-order chi connectivity index (χ1) is 16.1. The highest BCUT2D eigenvalue weighted by Crippen LogP contribution is 2.44. The Kier molecular flexibility index (Phi) is 8.52. The van der Waals surface area contributed by atoms with Crippen LogP contribution in [0.2, 0.25) is 5.02 Å². The molecular weight excluding hydrogens is 509 g/mol. The second-order valence-corrected chi connectivity index (χ2v) is 11.9. The number of hydrogen-bond acceptors (Lipinski definition) is 5. The summed E-state index contributed by atoms with van der Waals surface area (Å²) >= 11 is 6.18. The normalized spacial score (nSPS) is 18.9. The highest BCUT2D eigenvalue weighted by atomic mass is 35.5. The molecule has 1 spiro atoms. The van der Waals surface area contributed by atoms with Gasteiger partial charge < -0.3 is 10.6 Å². The molecule has 1 unspecified atom stereocenters. The summed E-state index contributed by atoms with van der Waals surface area (Å²) < 4.78 is 23.4. The van der Waals surface area contributed by atoms with Crippen molar-refractivity contribution in [2.45, 2.75) is 43.2 Å². The zero-order valence-electron chi connectivity index (χ0n) is 19.7. The molecule has 4 rings (SSSR count). The minimum absolute atomic E-state index is 0. The van der Waals surface area contributed by atoms with Crippen molar-refractivity contribution in [3.05, 3.63) is 64.7 Å². The molecule has 0 aromatic heterocycles.